The molecule has 0 bridgehead atoms. The number of aryl methyl sites for hydroxylation is 1. The number of rotatable bonds is 6. The van der Waals surface area contributed by atoms with Gasteiger partial charge < -0.3 is 14.8 Å². The number of anilines is 1. The Balaban J connectivity index is 1.93. The predicted molar refractivity (Wildman–Crippen MR) is 103 cm³/mol. The lowest BCUT2D eigenvalue weighted by Crippen LogP contribution is -2.12. The van der Waals surface area contributed by atoms with Gasteiger partial charge in [0.15, 0.2) is 11.5 Å². The molecule has 0 radical (unpaired) electrons. The van der Waals surface area contributed by atoms with Crippen LogP contribution in [0.1, 0.15) is 28.6 Å². The average Bonchev–Trinajstić information content (AvgIpc) is 3.01. The first-order chi connectivity index (χ1) is 12.2. The summed E-state index contributed by atoms with van der Waals surface area (Å²) < 4.78 is 11.7. The van der Waals surface area contributed by atoms with Gasteiger partial charge in [-0.15, -0.1) is 11.3 Å². The van der Waals surface area contributed by atoms with Crippen LogP contribution >= 0.6 is 11.3 Å². The Morgan fingerprint density at radius 3 is 2.56 bits per heavy atom. The van der Waals surface area contributed by atoms with Crippen LogP contribution in [0.4, 0.5) is 5.69 Å². The standard InChI is InChI=1S/C20H21NO3S/c1-4-7-15-14-8-5-6-9-18(14)25-19(15)20(22)21-13-10-11-16(23-2)17(12-13)24-3/h5-6,8-12H,4,7H2,1-3H3,(H,21,22). The summed E-state index contributed by atoms with van der Waals surface area (Å²) >= 11 is 1.54. The highest BCUT2D eigenvalue weighted by Gasteiger charge is 2.18. The highest BCUT2D eigenvalue weighted by molar-refractivity contribution is 7.21. The van der Waals surface area contributed by atoms with Gasteiger partial charge in [-0.2, -0.15) is 0 Å². The second kappa shape index (κ2) is 7.57. The Morgan fingerprint density at radius 1 is 1.08 bits per heavy atom. The number of fused-ring (bicyclic) bond motifs is 1. The highest BCUT2D eigenvalue weighted by atomic mass is 32.1. The van der Waals surface area contributed by atoms with Gasteiger partial charge in [-0.3, -0.25) is 4.79 Å². The van der Waals surface area contributed by atoms with Crippen molar-refractivity contribution in [1.29, 1.82) is 0 Å². The van der Waals surface area contributed by atoms with E-state index in [1.807, 2.05) is 18.2 Å². The number of ether oxygens (including phenoxy) is 2. The minimum atomic E-state index is -0.0862. The maximum atomic E-state index is 12.9. The third-order valence-corrected chi connectivity index (χ3v) is 5.26. The first kappa shape index (κ1) is 17.3. The zero-order chi connectivity index (χ0) is 17.8. The highest BCUT2D eigenvalue weighted by Crippen LogP contribution is 2.34. The van der Waals surface area contributed by atoms with Crippen LogP contribution in [-0.2, 0) is 6.42 Å². The Morgan fingerprint density at radius 2 is 1.84 bits per heavy atom. The van der Waals surface area contributed by atoms with Gasteiger partial charge in [0.1, 0.15) is 0 Å². The Labute approximate surface area is 151 Å². The molecule has 0 unspecified atom stereocenters. The van der Waals surface area contributed by atoms with Gasteiger partial charge in [0.05, 0.1) is 19.1 Å². The topological polar surface area (TPSA) is 47.6 Å². The van der Waals surface area contributed by atoms with E-state index in [0.717, 1.165) is 28.0 Å². The number of methoxy groups -OCH3 is 2. The van der Waals surface area contributed by atoms with Crippen LogP contribution in [-0.4, -0.2) is 20.1 Å². The zero-order valence-electron chi connectivity index (χ0n) is 14.6. The van der Waals surface area contributed by atoms with Crippen molar-refractivity contribution in [3.8, 4) is 11.5 Å². The third kappa shape index (κ3) is 3.46. The normalized spacial score (nSPS) is 10.7. The molecule has 25 heavy (non-hydrogen) atoms. The van der Waals surface area contributed by atoms with E-state index in [1.165, 1.54) is 5.39 Å². The van der Waals surface area contributed by atoms with Gasteiger partial charge in [0.2, 0.25) is 0 Å². The lowest BCUT2D eigenvalue weighted by Gasteiger charge is -2.10. The van der Waals surface area contributed by atoms with E-state index in [1.54, 1.807) is 37.7 Å². The molecule has 0 aliphatic rings. The maximum Gasteiger partial charge on any atom is 0.266 e. The summed E-state index contributed by atoms with van der Waals surface area (Å²) in [6, 6.07) is 13.5. The lowest BCUT2D eigenvalue weighted by atomic mass is 10.1. The Kier molecular flexibility index (Phi) is 5.24. The van der Waals surface area contributed by atoms with E-state index in [0.29, 0.717) is 17.2 Å². The molecule has 130 valence electrons. The summed E-state index contributed by atoms with van der Waals surface area (Å²) in [4.78, 5) is 13.6. The van der Waals surface area contributed by atoms with Crippen molar-refractivity contribution >= 4 is 33.0 Å². The summed E-state index contributed by atoms with van der Waals surface area (Å²) in [5.41, 5.74) is 1.81. The average molecular weight is 355 g/mol. The minimum absolute atomic E-state index is 0.0862. The molecule has 5 heteroatoms. The molecule has 1 N–H and O–H groups in total. The van der Waals surface area contributed by atoms with E-state index in [9.17, 15) is 4.79 Å². The zero-order valence-corrected chi connectivity index (χ0v) is 15.4. The van der Waals surface area contributed by atoms with Crippen LogP contribution in [0.15, 0.2) is 42.5 Å². The maximum absolute atomic E-state index is 12.9. The number of nitrogens with one attached hydrogen (secondary N) is 1. The van der Waals surface area contributed by atoms with Crippen LogP contribution in [0, 0.1) is 0 Å². The number of hydrogen-bond acceptors (Lipinski definition) is 4. The number of thiophene rings is 1. The molecule has 0 aliphatic carbocycles. The molecule has 0 spiro atoms. The predicted octanol–water partition coefficient (Wildman–Crippen LogP) is 5.12. The van der Waals surface area contributed by atoms with Crippen molar-refractivity contribution in [2.45, 2.75) is 19.8 Å². The van der Waals surface area contributed by atoms with Gasteiger partial charge in [-0.05, 0) is 35.6 Å². The van der Waals surface area contributed by atoms with Crippen molar-refractivity contribution < 1.29 is 14.3 Å². The fraction of sp³-hybridized carbons (Fsp3) is 0.250. The molecule has 1 amide bonds. The smallest absolute Gasteiger partial charge is 0.266 e. The van der Waals surface area contributed by atoms with Crippen LogP contribution in [0.5, 0.6) is 11.5 Å². The number of amides is 1. The first-order valence-corrected chi connectivity index (χ1v) is 9.03. The van der Waals surface area contributed by atoms with Crippen molar-refractivity contribution in [1.82, 2.24) is 0 Å². The molecule has 0 aliphatic heterocycles. The van der Waals surface area contributed by atoms with Crippen LogP contribution in [0.25, 0.3) is 10.1 Å². The molecule has 1 heterocycles. The van der Waals surface area contributed by atoms with Gasteiger partial charge in [0.25, 0.3) is 5.91 Å². The van der Waals surface area contributed by atoms with Crippen molar-refractivity contribution in [3.63, 3.8) is 0 Å². The van der Waals surface area contributed by atoms with E-state index >= 15 is 0 Å². The van der Waals surface area contributed by atoms with Crippen LogP contribution < -0.4 is 14.8 Å². The number of hydrogen-bond donors (Lipinski definition) is 1. The molecule has 2 aromatic carbocycles. The number of carbonyl (C=O) groups excluding carboxylic acids is 1. The van der Waals surface area contributed by atoms with Crippen LogP contribution in [0.3, 0.4) is 0 Å². The Bertz CT molecular complexity index is 901. The summed E-state index contributed by atoms with van der Waals surface area (Å²) in [6.07, 6.45) is 1.88. The van der Waals surface area contributed by atoms with Gasteiger partial charge in [-0.1, -0.05) is 31.5 Å². The van der Waals surface area contributed by atoms with Gasteiger partial charge >= 0.3 is 0 Å². The monoisotopic (exact) mass is 355 g/mol. The van der Waals surface area contributed by atoms with Crippen LogP contribution in [0.2, 0.25) is 0 Å². The van der Waals surface area contributed by atoms with E-state index in [2.05, 4.69) is 24.4 Å². The molecule has 3 rings (SSSR count). The van der Waals surface area contributed by atoms with Gasteiger partial charge in [0, 0.05) is 16.5 Å². The summed E-state index contributed by atoms with van der Waals surface area (Å²) in [5.74, 6) is 1.14. The van der Waals surface area contributed by atoms with E-state index in [-0.39, 0.29) is 5.91 Å². The number of carbonyl (C=O) groups is 1. The fourth-order valence-electron chi connectivity index (χ4n) is 2.88. The first-order valence-electron chi connectivity index (χ1n) is 8.21. The second-order valence-electron chi connectivity index (χ2n) is 5.68. The SMILES string of the molecule is CCCc1c(C(=O)Nc2ccc(OC)c(OC)c2)sc2ccccc12. The van der Waals surface area contributed by atoms with E-state index < -0.39 is 0 Å². The molecular formula is C20H21NO3S. The van der Waals surface area contributed by atoms with Crippen molar-refractivity contribution in [2.24, 2.45) is 0 Å². The van der Waals surface area contributed by atoms with Crippen molar-refractivity contribution in [2.75, 3.05) is 19.5 Å². The largest absolute Gasteiger partial charge is 0.493 e. The molecule has 0 saturated heterocycles. The quantitative estimate of drug-likeness (QED) is 0.667. The third-order valence-electron chi connectivity index (χ3n) is 4.05. The summed E-state index contributed by atoms with van der Waals surface area (Å²) in [5, 5.41) is 4.15. The molecule has 0 fully saturated rings. The lowest BCUT2D eigenvalue weighted by molar-refractivity contribution is 0.103. The fourth-order valence-corrected chi connectivity index (χ4v) is 4.03. The number of benzene rings is 2. The summed E-state index contributed by atoms with van der Waals surface area (Å²) in [6.45, 7) is 2.13. The molecule has 0 saturated carbocycles. The molecule has 1 aromatic heterocycles. The van der Waals surface area contributed by atoms with Crippen molar-refractivity contribution in [3.05, 3.63) is 52.9 Å². The second-order valence-corrected chi connectivity index (χ2v) is 6.73. The Hall–Kier alpha value is -2.53. The molecular weight excluding hydrogens is 334 g/mol. The minimum Gasteiger partial charge on any atom is -0.493 e. The molecule has 3 aromatic rings. The van der Waals surface area contributed by atoms with E-state index in [4.69, 9.17) is 9.47 Å². The molecule has 4 nitrogen and oxygen atoms in total. The summed E-state index contributed by atoms with van der Waals surface area (Å²) in [7, 11) is 3.17. The molecule has 0 atom stereocenters. The van der Waals surface area contributed by atoms with Gasteiger partial charge in [-0.25, -0.2) is 0 Å².